The molecule has 0 spiro atoms. The normalized spacial score (nSPS) is 20.4. The molecule has 1 aliphatic rings. The third-order valence-corrected chi connectivity index (χ3v) is 3.19. The molecule has 0 amide bonds. The van der Waals surface area contributed by atoms with Crippen LogP contribution in [0.4, 0.5) is 0 Å². The summed E-state index contributed by atoms with van der Waals surface area (Å²) in [6.07, 6.45) is 11.2. The van der Waals surface area contributed by atoms with E-state index >= 15 is 0 Å². The molecular weight excluding hydrogens is 212 g/mol. The van der Waals surface area contributed by atoms with Crippen LogP contribution in [0.3, 0.4) is 0 Å². The van der Waals surface area contributed by atoms with Gasteiger partial charge in [0.25, 0.3) is 0 Å². The predicted molar refractivity (Wildman–Crippen MR) is 72.1 cm³/mol. The van der Waals surface area contributed by atoms with Crippen LogP contribution in [0.25, 0.3) is 0 Å². The molecule has 100 valence electrons. The van der Waals surface area contributed by atoms with Gasteiger partial charge in [0.2, 0.25) is 0 Å². The SMILES string of the molecule is C=C(C)CCCCCCCOC1CCCCO1. The standard InChI is InChI=1S/C15H28O2/c1-14(2)10-6-4-3-5-8-12-16-15-11-7-9-13-17-15/h15H,1,3-13H2,2H3. The molecule has 0 aromatic rings. The highest BCUT2D eigenvalue weighted by Gasteiger charge is 2.13. The lowest BCUT2D eigenvalue weighted by Crippen LogP contribution is -2.22. The van der Waals surface area contributed by atoms with Gasteiger partial charge in [-0.3, -0.25) is 0 Å². The van der Waals surface area contributed by atoms with Crippen LogP contribution in [0.5, 0.6) is 0 Å². The molecular formula is C15H28O2. The van der Waals surface area contributed by atoms with E-state index in [0.29, 0.717) is 0 Å². The summed E-state index contributed by atoms with van der Waals surface area (Å²) in [6, 6.07) is 0. The van der Waals surface area contributed by atoms with Gasteiger partial charge in [-0.25, -0.2) is 0 Å². The molecule has 0 saturated carbocycles. The van der Waals surface area contributed by atoms with E-state index in [9.17, 15) is 0 Å². The van der Waals surface area contributed by atoms with E-state index in [2.05, 4.69) is 13.5 Å². The summed E-state index contributed by atoms with van der Waals surface area (Å²) in [5.74, 6) is 0. The maximum Gasteiger partial charge on any atom is 0.157 e. The molecule has 1 atom stereocenters. The van der Waals surface area contributed by atoms with Gasteiger partial charge in [0, 0.05) is 13.2 Å². The summed E-state index contributed by atoms with van der Waals surface area (Å²) in [7, 11) is 0. The molecule has 0 bridgehead atoms. The van der Waals surface area contributed by atoms with Crippen LogP contribution in [-0.4, -0.2) is 19.5 Å². The van der Waals surface area contributed by atoms with E-state index in [1.807, 2.05) is 0 Å². The average Bonchev–Trinajstić information content (AvgIpc) is 2.33. The van der Waals surface area contributed by atoms with E-state index < -0.39 is 0 Å². The number of hydrogen-bond acceptors (Lipinski definition) is 2. The zero-order valence-electron chi connectivity index (χ0n) is 11.4. The van der Waals surface area contributed by atoms with Gasteiger partial charge in [-0.2, -0.15) is 0 Å². The second-order valence-corrected chi connectivity index (χ2v) is 5.14. The Bertz CT molecular complexity index is 195. The van der Waals surface area contributed by atoms with E-state index in [1.54, 1.807) is 0 Å². The molecule has 0 aromatic carbocycles. The number of allylic oxidation sites excluding steroid dienone is 1. The maximum absolute atomic E-state index is 5.69. The van der Waals surface area contributed by atoms with Crippen molar-refractivity contribution in [2.24, 2.45) is 0 Å². The summed E-state index contributed by atoms with van der Waals surface area (Å²) in [5, 5.41) is 0. The van der Waals surface area contributed by atoms with Crippen molar-refractivity contribution in [1.82, 2.24) is 0 Å². The molecule has 1 fully saturated rings. The third kappa shape index (κ3) is 8.39. The molecule has 0 radical (unpaired) electrons. The lowest BCUT2D eigenvalue weighted by atomic mass is 10.1. The first-order chi connectivity index (χ1) is 8.29. The molecule has 17 heavy (non-hydrogen) atoms. The van der Waals surface area contributed by atoms with Crippen molar-refractivity contribution < 1.29 is 9.47 Å². The summed E-state index contributed by atoms with van der Waals surface area (Å²) < 4.78 is 11.2. The highest BCUT2D eigenvalue weighted by atomic mass is 16.7. The Morgan fingerprint density at radius 2 is 1.94 bits per heavy atom. The Hall–Kier alpha value is -0.340. The van der Waals surface area contributed by atoms with Crippen molar-refractivity contribution in [3.8, 4) is 0 Å². The van der Waals surface area contributed by atoms with Gasteiger partial charge in [0.1, 0.15) is 0 Å². The largest absolute Gasteiger partial charge is 0.353 e. The quantitative estimate of drug-likeness (QED) is 0.438. The van der Waals surface area contributed by atoms with E-state index in [4.69, 9.17) is 9.47 Å². The van der Waals surface area contributed by atoms with Gasteiger partial charge in [0.15, 0.2) is 6.29 Å². The highest BCUT2D eigenvalue weighted by molar-refractivity contribution is 4.86. The smallest absolute Gasteiger partial charge is 0.157 e. The minimum Gasteiger partial charge on any atom is -0.353 e. The zero-order chi connectivity index (χ0) is 12.3. The van der Waals surface area contributed by atoms with Crippen molar-refractivity contribution in [3.63, 3.8) is 0 Å². The van der Waals surface area contributed by atoms with Crippen LogP contribution < -0.4 is 0 Å². The van der Waals surface area contributed by atoms with Crippen LogP contribution in [0, 0.1) is 0 Å². The molecule has 1 rings (SSSR count). The molecule has 1 aliphatic heterocycles. The Kier molecular flexibility index (Phi) is 8.37. The van der Waals surface area contributed by atoms with Gasteiger partial charge in [-0.05, 0) is 45.4 Å². The topological polar surface area (TPSA) is 18.5 Å². The molecule has 0 aliphatic carbocycles. The molecule has 1 unspecified atom stereocenters. The monoisotopic (exact) mass is 240 g/mol. The first kappa shape index (κ1) is 14.7. The van der Waals surface area contributed by atoms with Crippen molar-refractivity contribution >= 4 is 0 Å². The van der Waals surface area contributed by atoms with Gasteiger partial charge in [-0.15, -0.1) is 6.58 Å². The van der Waals surface area contributed by atoms with Gasteiger partial charge in [0.05, 0.1) is 0 Å². The van der Waals surface area contributed by atoms with Crippen LogP contribution >= 0.6 is 0 Å². The molecule has 2 nitrogen and oxygen atoms in total. The van der Waals surface area contributed by atoms with Gasteiger partial charge >= 0.3 is 0 Å². The van der Waals surface area contributed by atoms with Crippen LogP contribution in [0.2, 0.25) is 0 Å². The number of rotatable bonds is 9. The highest BCUT2D eigenvalue weighted by Crippen LogP contribution is 2.14. The average molecular weight is 240 g/mol. The number of hydrogen-bond donors (Lipinski definition) is 0. The van der Waals surface area contributed by atoms with Gasteiger partial charge in [-0.1, -0.05) is 24.8 Å². The van der Waals surface area contributed by atoms with E-state index in [0.717, 1.165) is 19.6 Å². The lowest BCUT2D eigenvalue weighted by molar-refractivity contribution is -0.162. The molecule has 2 heteroatoms. The fourth-order valence-electron chi connectivity index (χ4n) is 2.12. The Morgan fingerprint density at radius 3 is 2.65 bits per heavy atom. The molecule has 0 aromatic heterocycles. The number of unbranched alkanes of at least 4 members (excludes halogenated alkanes) is 4. The van der Waals surface area contributed by atoms with Crippen LogP contribution in [0.15, 0.2) is 12.2 Å². The third-order valence-electron chi connectivity index (χ3n) is 3.19. The first-order valence-electron chi connectivity index (χ1n) is 7.16. The Morgan fingerprint density at radius 1 is 1.18 bits per heavy atom. The van der Waals surface area contributed by atoms with Crippen molar-refractivity contribution in [2.75, 3.05) is 13.2 Å². The zero-order valence-corrected chi connectivity index (χ0v) is 11.4. The van der Waals surface area contributed by atoms with Crippen molar-refractivity contribution in [1.29, 1.82) is 0 Å². The number of ether oxygens (including phenoxy) is 2. The Labute approximate surface area is 106 Å². The Balaban J connectivity index is 1.79. The second-order valence-electron chi connectivity index (χ2n) is 5.14. The predicted octanol–water partition coefficient (Wildman–Crippen LogP) is 4.45. The summed E-state index contributed by atoms with van der Waals surface area (Å²) >= 11 is 0. The first-order valence-corrected chi connectivity index (χ1v) is 7.16. The summed E-state index contributed by atoms with van der Waals surface area (Å²) in [4.78, 5) is 0. The molecule has 1 saturated heterocycles. The van der Waals surface area contributed by atoms with Crippen LogP contribution in [0.1, 0.15) is 64.7 Å². The van der Waals surface area contributed by atoms with Crippen molar-refractivity contribution in [2.45, 2.75) is 71.0 Å². The van der Waals surface area contributed by atoms with E-state index in [1.165, 1.54) is 56.9 Å². The van der Waals surface area contributed by atoms with E-state index in [-0.39, 0.29) is 6.29 Å². The maximum atomic E-state index is 5.69. The second kappa shape index (κ2) is 9.67. The fraction of sp³-hybridized carbons (Fsp3) is 0.867. The summed E-state index contributed by atoms with van der Waals surface area (Å²) in [6.45, 7) is 7.78. The summed E-state index contributed by atoms with van der Waals surface area (Å²) in [5.41, 5.74) is 1.31. The minimum absolute atomic E-state index is 0.0900. The van der Waals surface area contributed by atoms with Gasteiger partial charge < -0.3 is 9.47 Å². The lowest BCUT2D eigenvalue weighted by Gasteiger charge is -2.22. The fourth-order valence-corrected chi connectivity index (χ4v) is 2.12. The van der Waals surface area contributed by atoms with Crippen molar-refractivity contribution in [3.05, 3.63) is 12.2 Å². The van der Waals surface area contributed by atoms with Crippen LogP contribution in [-0.2, 0) is 9.47 Å². The molecule has 1 heterocycles. The molecule has 0 N–H and O–H groups in total. The minimum atomic E-state index is 0.0900.